The van der Waals surface area contributed by atoms with Crippen LogP contribution in [0.5, 0.6) is 11.5 Å². The first kappa shape index (κ1) is 30.6. The van der Waals surface area contributed by atoms with Crippen molar-refractivity contribution in [2.24, 2.45) is 0 Å². The number of benzene rings is 2. The normalized spacial score (nSPS) is 16.6. The van der Waals surface area contributed by atoms with Gasteiger partial charge in [-0.25, -0.2) is 4.98 Å². The van der Waals surface area contributed by atoms with E-state index in [1.807, 2.05) is 45.0 Å². The van der Waals surface area contributed by atoms with Crippen molar-refractivity contribution in [3.05, 3.63) is 42.5 Å². The van der Waals surface area contributed by atoms with E-state index in [0.29, 0.717) is 59.5 Å². The molecule has 0 saturated carbocycles. The second kappa shape index (κ2) is 16.2. The van der Waals surface area contributed by atoms with Crippen LogP contribution < -0.4 is 9.47 Å². The van der Waals surface area contributed by atoms with Gasteiger partial charge in [0, 0.05) is 49.7 Å². The first-order chi connectivity index (χ1) is 19.7. The minimum absolute atomic E-state index is 0.450. The van der Waals surface area contributed by atoms with Crippen molar-refractivity contribution in [2.75, 3.05) is 79.1 Å². The summed E-state index contributed by atoms with van der Waals surface area (Å²) in [6.45, 7) is 13.3. The molecule has 1 aliphatic heterocycles. The average molecular weight is 573 g/mol. The van der Waals surface area contributed by atoms with Crippen LogP contribution in [0.2, 0.25) is 6.04 Å². The topological polar surface area (TPSA) is 80.7 Å². The Kier molecular flexibility index (Phi) is 12.4. The molecule has 0 fully saturated rings. The Hall–Kier alpha value is -2.31. The molecule has 220 valence electrons. The third-order valence-corrected chi connectivity index (χ3v) is 9.87. The summed E-state index contributed by atoms with van der Waals surface area (Å²) >= 11 is 0. The van der Waals surface area contributed by atoms with Crippen LogP contribution in [0.4, 0.5) is 0 Å². The molecule has 0 saturated heterocycles. The van der Waals surface area contributed by atoms with Gasteiger partial charge < -0.3 is 32.2 Å². The number of nitrogens with zero attached hydrogens (tertiary/aromatic N) is 2. The van der Waals surface area contributed by atoms with Crippen LogP contribution in [0, 0.1) is 0 Å². The minimum Gasteiger partial charge on any atom is -0.489 e. The predicted octanol–water partition coefficient (Wildman–Crippen LogP) is 4.93. The number of pyridine rings is 1. The molecule has 2 aromatic carbocycles. The summed E-state index contributed by atoms with van der Waals surface area (Å²) in [5.74, 6) is 1.49. The molecule has 40 heavy (non-hydrogen) atoms. The molecule has 1 aromatic heterocycles. The summed E-state index contributed by atoms with van der Waals surface area (Å²) in [5, 5.41) is 2.06. The standard InChI is InChI=1S/C30H44N2O7Si/c1-4-37-40(38-5-2,39-6-3)23-9-14-32-15-17-33-19-21-35-27-12-7-10-25-24-26-11-8-13-28(30(26)31-29(25)27)36-22-20-34-18-16-32/h7-8,10-13,24H,4-6,9,14-23H2,1-3H3. The van der Waals surface area contributed by atoms with Crippen LogP contribution >= 0.6 is 0 Å². The fourth-order valence-electron chi connectivity index (χ4n) is 4.93. The van der Waals surface area contributed by atoms with Gasteiger partial charge in [-0.2, -0.15) is 0 Å². The van der Waals surface area contributed by atoms with Gasteiger partial charge in [-0.3, -0.25) is 4.90 Å². The van der Waals surface area contributed by atoms with E-state index in [2.05, 4.69) is 23.1 Å². The number of rotatable bonds is 10. The van der Waals surface area contributed by atoms with E-state index in [-0.39, 0.29) is 0 Å². The smallest absolute Gasteiger partial charge is 0.489 e. The van der Waals surface area contributed by atoms with Gasteiger partial charge in [0.2, 0.25) is 0 Å². The molecule has 0 aliphatic carbocycles. The molecule has 4 rings (SSSR count). The second-order valence-corrected chi connectivity index (χ2v) is 12.2. The van der Waals surface area contributed by atoms with E-state index < -0.39 is 8.80 Å². The van der Waals surface area contributed by atoms with Gasteiger partial charge in [0.15, 0.2) is 0 Å². The van der Waals surface area contributed by atoms with Crippen molar-refractivity contribution >= 4 is 30.6 Å². The van der Waals surface area contributed by atoms with Crippen LogP contribution in [0.25, 0.3) is 21.8 Å². The molecule has 0 radical (unpaired) electrons. The maximum atomic E-state index is 6.11. The summed E-state index contributed by atoms with van der Waals surface area (Å²) in [4.78, 5) is 7.30. The zero-order valence-electron chi connectivity index (χ0n) is 24.2. The van der Waals surface area contributed by atoms with Gasteiger partial charge in [-0.15, -0.1) is 0 Å². The predicted molar refractivity (Wildman–Crippen MR) is 158 cm³/mol. The van der Waals surface area contributed by atoms with Crippen LogP contribution in [0.15, 0.2) is 42.5 Å². The number of aromatic nitrogens is 1. The molecular weight excluding hydrogens is 528 g/mol. The average Bonchev–Trinajstić information content (AvgIpc) is 2.95. The van der Waals surface area contributed by atoms with Crippen LogP contribution in [-0.4, -0.2) is 97.8 Å². The van der Waals surface area contributed by atoms with E-state index >= 15 is 0 Å². The lowest BCUT2D eigenvalue weighted by atomic mass is 10.1. The van der Waals surface area contributed by atoms with Gasteiger partial charge in [-0.05, 0) is 51.9 Å². The lowest BCUT2D eigenvalue weighted by Gasteiger charge is -2.29. The third-order valence-electron chi connectivity index (χ3n) is 6.72. The molecule has 0 N–H and O–H groups in total. The minimum atomic E-state index is -2.66. The maximum Gasteiger partial charge on any atom is 0.500 e. The molecule has 0 amide bonds. The molecule has 2 bridgehead atoms. The molecule has 2 heterocycles. The Morgan fingerprint density at radius 2 is 1.25 bits per heavy atom. The zero-order chi connectivity index (χ0) is 28.0. The summed E-state index contributed by atoms with van der Waals surface area (Å²) in [7, 11) is -2.66. The van der Waals surface area contributed by atoms with Crippen LogP contribution in [0.1, 0.15) is 27.2 Å². The number of ether oxygens (including phenoxy) is 4. The summed E-state index contributed by atoms with van der Waals surface area (Å²) in [5.41, 5.74) is 1.64. The maximum absolute atomic E-state index is 6.11. The van der Waals surface area contributed by atoms with Crippen molar-refractivity contribution in [1.82, 2.24) is 9.88 Å². The lowest BCUT2D eigenvalue weighted by molar-refractivity contribution is 0.0530. The van der Waals surface area contributed by atoms with Gasteiger partial charge in [0.25, 0.3) is 0 Å². The molecule has 0 spiro atoms. The second-order valence-electron chi connectivity index (χ2n) is 9.49. The number of hydrogen-bond donors (Lipinski definition) is 0. The Morgan fingerprint density at radius 3 is 1.75 bits per heavy atom. The van der Waals surface area contributed by atoms with E-state index in [1.54, 1.807) is 0 Å². The number of para-hydroxylation sites is 2. The number of hydrogen-bond acceptors (Lipinski definition) is 9. The van der Waals surface area contributed by atoms with Gasteiger partial charge in [0.05, 0.1) is 26.4 Å². The van der Waals surface area contributed by atoms with E-state index in [4.69, 9.17) is 37.2 Å². The van der Waals surface area contributed by atoms with E-state index in [0.717, 1.165) is 65.4 Å². The van der Waals surface area contributed by atoms with Crippen molar-refractivity contribution in [3.8, 4) is 11.5 Å². The highest BCUT2D eigenvalue weighted by Gasteiger charge is 2.39. The zero-order valence-corrected chi connectivity index (χ0v) is 25.2. The van der Waals surface area contributed by atoms with Gasteiger partial charge in [0.1, 0.15) is 35.7 Å². The van der Waals surface area contributed by atoms with Crippen molar-refractivity contribution < 1.29 is 32.2 Å². The summed E-state index contributed by atoms with van der Waals surface area (Å²) in [6.07, 6.45) is 0.914. The molecule has 1 aliphatic rings. The molecule has 0 unspecified atom stereocenters. The van der Waals surface area contributed by atoms with Crippen molar-refractivity contribution in [2.45, 2.75) is 33.2 Å². The molecule has 9 nitrogen and oxygen atoms in total. The summed E-state index contributed by atoms with van der Waals surface area (Å²) < 4.78 is 42.2. The monoisotopic (exact) mass is 572 g/mol. The SMILES string of the molecule is CCO[Si](CCCN1CCOCCOc2cccc3cc4cccc(c4nc23)OCCOCC1)(OCC)OCC. The lowest BCUT2D eigenvalue weighted by Crippen LogP contribution is -2.46. The Balaban J connectivity index is 1.39. The largest absolute Gasteiger partial charge is 0.500 e. The van der Waals surface area contributed by atoms with Crippen molar-refractivity contribution in [3.63, 3.8) is 0 Å². The third kappa shape index (κ3) is 8.59. The molecule has 10 heteroatoms. The molecule has 3 aromatic rings. The molecule has 0 atom stereocenters. The van der Waals surface area contributed by atoms with Gasteiger partial charge in [-0.1, -0.05) is 24.3 Å². The summed E-state index contributed by atoms with van der Waals surface area (Å²) in [6, 6.07) is 14.9. The highest BCUT2D eigenvalue weighted by Crippen LogP contribution is 2.31. The van der Waals surface area contributed by atoms with E-state index in [1.165, 1.54) is 0 Å². The Bertz CT molecular complexity index is 1090. The highest BCUT2D eigenvalue weighted by molar-refractivity contribution is 6.60. The Labute approximate surface area is 239 Å². The van der Waals surface area contributed by atoms with E-state index in [9.17, 15) is 0 Å². The molecular formula is C30H44N2O7Si. The van der Waals surface area contributed by atoms with Gasteiger partial charge >= 0.3 is 8.80 Å². The Morgan fingerprint density at radius 1 is 0.725 bits per heavy atom. The fourth-order valence-corrected chi connectivity index (χ4v) is 7.53. The van der Waals surface area contributed by atoms with Crippen LogP contribution in [-0.2, 0) is 22.8 Å². The quantitative estimate of drug-likeness (QED) is 0.248. The first-order valence-electron chi connectivity index (χ1n) is 14.6. The first-order valence-corrected chi connectivity index (χ1v) is 16.5. The van der Waals surface area contributed by atoms with Crippen LogP contribution in [0.3, 0.4) is 0 Å². The van der Waals surface area contributed by atoms with Crippen molar-refractivity contribution in [1.29, 1.82) is 0 Å². The highest BCUT2D eigenvalue weighted by atomic mass is 28.4. The fraction of sp³-hybridized carbons (Fsp3) is 0.567.